The van der Waals surface area contributed by atoms with Gasteiger partial charge in [-0.2, -0.15) is 0 Å². The minimum Gasteiger partial charge on any atom is -0.496 e. The van der Waals surface area contributed by atoms with Gasteiger partial charge in [-0.1, -0.05) is 27.7 Å². The Morgan fingerprint density at radius 2 is 1.39 bits per heavy atom. The van der Waals surface area contributed by atoms with Gasteiger partial charge < -0.3 is 14.2 Å². The third kappa shape index (κ3) is 5.02. The van der Waals surface area contributed by atoms with Crippen LogP contribution in [0.15, 0.2) is 23.8 Å². The maximum atomic E-state index is 13.4. The number of ether oxygens (including phenoxy) is 3. The van der Waals surface area contributed by atoms with Gasteiger partial charge in [0, 0.05) is 12.2 Å². The van der Waals surface area contributed by atoms with Crippen LogP contribution in [-0.4, -0.2) is 38.5 Å². The number of carbonyl (C=O) groups is 2. The smallest absolute Gasteiger partial charge is 0.196 e. The highest BCUT2D eigenvalue weighted by molar-refractivity contribution is 6.27. The van der Waals surface area contributed by atoms with Gasteiger partial charge in [0.25, 0.3) is 0 Å². The lowest BCUT2D eigenvalue weighted by Crippen LogP contribution is -2.29. The molecule has 0 aromatic heterocycles. The molecule has 2 rings (SSSR count). The van der Waals surface area contributed by atoms with Crippen molar-refractivity contribution in [1.82, 2.24) is 0 Å². The van der Waals surface area contributed by atoms with Gasteiger partial charge in [0.2, 0.25) is 0 Å². The van der Waals surface area contributed by atoms with Crippen LogP contribution in [0.25, 0.3) is 0 Å². The minimum absolute atomic E-state index is 0.219. The average Bonchev–Trinajstić information content (AvgIpc) is 2.65. The number of Topliss-reactive ketones (excluding diaryl/α,β-unsaturated/α-hetero) is 1. The molecule has 0 spiro atoms. The van der Waals surface area contributed by atoms with E-state index < -0.39 is 6.10 Å². The van der Waals surface area contributed by atoms with Crippen molar-refractivity contribution in [2.75, 3.05) is 20.8 Å². The first-order valence-electron chi connectivity index (χ1n) is 9.97. The van der Waals surface area contributed by atoms with Crippen LogP contribution in [0.4, 0.5) is 0 Å². The highest BCUT2D eigenvalue weighted by Gasteiger charge is 2.35. The van der Waals surface area contributed by atoms with Crippen LogP contribution in [0.3, 0.4) is 0 Å². The van der Waals surface area contributed by atoms with Crippen molar-refractivity contribution in [1.29, 1.82) is 0 Å². The quantitative estimate of drug-likeness (QED) is 0.572. The summed E-state index contributed by atoms with van der Waals surface area (Å²) in [6.45, 7) is 9.09. The standard InChI is InChI=1S/C23H32O5/c1-14(2)7-8-18(28-12-11-15(3)4)16-13-17(24)21-19(26-5)9-10-20(27-6)22(21)23(16)25/h9-10,13-15,18H,7-8,11-12H2,1-6H3. The van der Waals surface area contributed by atoms with Gasteiger partial charge >= 0.3 is 0 Å². The third-order valence-electron chi connectivity index (χ3n) is 4.96. The Labute approximate surface area is 168 Å². The number of fused-ring (bicyclic) bond motifs is 1. The minimum atomic E-state index is -0.401. The summed E-state index contributed by atoms with van der Waals surface area (Å²) in [6.07, 6.45) is 3.53. The fourth-order valence-corrected chi connectivity index (χ4v) is 3.30. The topological polar surface area (TPSA) is 61.8 Å². The summed E-state index contributed by atoms with van der Waals surface area (Å²) >= 11 is 0. The highest BCUT2D eigenvalue weighted by atomic mass is 16.5. The zero-order valence-electron chi connectivity index (χ0n) is 17.8. The van der Waals surface area contributed by atoms with Gasteiger partial charge in [-0.05, 0) is 49.3 Å². The van der Waals surface area contributed by atoms with E-state index in [0.717, 1.165) is 12.8 Å². The number of methoxy groups -OCH3 is 2. The Morgan fingerprint density at radius 3 is 1.93 bits per heavy atom. The molecule has 0 bridgehead atoms. The molecule has 0 saturated heterocycles. The molecule has 28 heavy (non-hydrogen) atoms. The normalized spacial score (nSPS) is 14.9. The van der Waals surface area contributed by atoms with Gasteiger partial charge in [0.05, 0.1) is 31.5 Å². The van der Waals surface area contributed by atoms with E-state index in [1.807, 2.05) is 0 Å². The van der Waals surface area contributed by atoms with Crippen molar-refractivity contribution < 1.29 is 23.8 Å². The molecule has 1 aromatic carbocycles. The third-order valence-corrected chi connectivity index (χ3v) is 4.96. The molecule has 1 aliphatic carbocycles. The van der Waals surface area contributed by atoms with E-state index in [4.69, 9.17) is 14.2 Å². The van der Waals surface area contributed by atoms with Gasteiger partial charge in [-0.25, -0.2) is 0 Å². The monoisotopic (exact) mass is 388 g/mol. The van der Waals surface area contributed by atoms with E-state index in [0.29, 0.717) is 41.9 Å². The summed E-state index contributed by atoms with van der Waals surface area (Å²) in [6, 6.07) is 3.31. The molecule has 0 N–H and O–H groups in total. The van der Waals surface area contributed by atoms with Crippen LogP contribution in [0.1, 0.15) is 67.7 Å². The van der Waals surface area contributed by atoms with E-state index >= 15 is 0 Å². The van der Waals surface area contributed by atoms with E-state index in [1.54, 1.807) is 12.1 Å². The molecule has 1 aromatic rings. The summed E-state index contributed by atoms with van der Waals surface area (Å²) in [5.74, 6) is 1.28. The molecule has 5 nitrogen and oxygen atoms in total. The van der Waals surface area contributed by atoms with E-state index in [-0.39, 0.29) is 22.7 Å². The molecule has 0 heterocycles. The predicted octanol–water partition coefficient (Wildman–Crippen LogP) is 4.88. The number of hydrogen-bond acceptors (Lipinski definition) is 5. The summed E-state index contributed by atoms with van der Waals surface area (Å²) < 4.78 is 16.8. The Bertz CT molecular complexity index is 746. The highest BCUT2D eigenvalue weighted by Crippen LogP contribution is 2.37. The molecular formula is C23H32O5. The van der Waals surface area contributed by atoms with Crippen LogP contribution in [-0.2, 0) is 4.74 Å². The summed E-state index contributed by atoms with van der Waals surface area (Å²) in [5, 5.41) is 0. The number of benzene rings is 1. The molecule has 0 aliphatic heterocycles. The predicted molar refractivity (Wildman–Crippen MR) is 110 cm³/mol. The van der Waals surface area contributed by atoms with E-state index in [1.165, 1.54) is 20.3 Å². The SMILES string of the molecule is COc1ccc(OC)c2c1C(=O)C=C(C(CCC(C)C)OCCC(C)C)C2=O. The maximum Gasteiger partial charge on any atom is 0.196 e. The first-order chi connectivity index (χ1) is 13.3. The Kier molecular flexibility index (Phi) is 7.81. The average molecular weight is 389 g/mol. The molecule has 1 unspecified atom stereocenters. The van der Waals surface area contributed by atoms with Crippen LogP contribution in [0.2, 0.25) is 0 Å². The first kappa shape index (κ1) is 22.2. The lowest BCUT2D eigenvalue weighted by atomic mass is 9.84. The number of allylic oxidation sites excluding steroid dienone is 1. The molecule has 5 heteroatoms. The van der Waals surface area contributed by atoms with Gasteiger partial charge in [-0.15, -0.1) is 0 Å². The number of rotatable bonds is 10. The first-order valence-corrected chi connectivity index (χ1v) is 9.97. The molecule has 0 radical (unpaired) electrons. The van der Waals surface area contributed by atoms with E-state index in [9.17, 15) is 9.59 Å². The molecule has 0 saturated carbocycles. The lowest BCUT2D eigenvalue weighted by molar-refractivity contribution is 0.0552. The summed E-state index contributed by atoms with van der Waals surface area (Å²) in [4.78, 5) is 26.3. The van der Waals surface area contributed by atoms with Crippen molar-refractivity contribution in [2.24, 2.45) is 11.8 Å². The van der Waals surface area contributed by atoms with Gasteiger partial charge in [-0.3, -0.25) is 9.59 Å². The van der Waals surface area contributed by atoms with Crippen LogP contribution < -0.4 is 9.47 Å². The second-order valence-corrected chi connectivity index (χ2v) is 8.03. The fourth-order valence-electron chi connectivity index (χ4n) is 3.30. The zero-order valence-corrected chi connectivity index (χ0v) is 17.8. The number of ketones is 2. The molecule has 1 aliphatic rings. The van der Waals surface area contributed by atoms with Crippen molar-refractivity contribution >= 4 is 11.6 Å². The summed E-state index contributed by atoms with van der Waals surface area (Å²) in [7, 11) is 2.98. The number of hydrogen-bond donors (Lipinski definition) is 0. The van der Waals surface area contributed by atoms with Crippen molar-refractivity contribution in [3.8, 4) is 11.5 Å². The molecular weight excluding hydrogens is 356 g/mol. The zero-order chi connectivity index (χ0) is 20.8. The summed E-state index contributed by atoms with van der Waals surface area (Å²) in [5.41, 5.74) is 0.945. The maximum absolute atomic E-state index is 13.4. The largest absolute Gasteiger partial charge is 0.496 e. The molecule has 1 atom stereocenters. The molecule has 154 valence electrons. The molecule has 0 fully saturated rings. The van der Waals surface area contributed by atoms with Crippen LogP contribution in [0.5, 0.6) is 11.5 Å². The lowest BCUT2D eigenvalue weighted by Gasteiger charge is -2.26. The van der Waals surface area contributed by atoms with Crippen LogP contribution >= 0.6 is 0 Å². The number of carbonyl (C=O) groups excluding carboxylic acids is 2. The van der Waals surface area contributed by atoms with Gasteiger partial charge in [0.1, 0.15) is 11.5 Å². The molecule has 0 amide bonds. The van der Waals surface area contributed by atoms with E-state index in [2.05, 4.69) is 27.7 Å². The van der Waals surface area contributed by atoms with Crippen molar-refractivity contribution in [2.45, 2.75) is 53.1 Å². The Balaban J connectivity index is 2.41. The van der Waals surface area contributed by atoms with Crippen molar-refractivity contribution in [3.63, 3.8) is 0 Å². The Hall–Kier alpha value is -2.14. The van der Waals surface area contributed by atoms with Gasteiger partial charge in [0.15, 0.2) is 11.6 Å². The second kappa shape index (κ2) is 9.87. The van der Waals surface area contributed by atoms with Crippen molar-refractivity contribution in [3.05, 3.63) is 34.9 Å². The second-order valence-electron chi connectivity index (χ2n) is 8.03. The van der Waals surface area contributed by atoms with Crippen LogP contribution in [0, 0.1) is 11.8 Å². The fraction of sp³-hybridized carbons (Fsp3) is 0.565. The Morgan fingerprint density at radius 1 is 0.821 bits per heavy atom.